The second-order valence-corrected chi connectivity index (χ2v) is 2.58. The van der Waals surface area contributed by atoms with Gasteiger partial charge in [0.1, 0.15) is 5.15 Å². The molecule has 0 atom stereocenters. The van der Waals surface area contributed by atoms with E-state index in [0.717, 1.165) is 0 Å². The van der Waals surface area contributed by atoms with Gasteiger partial charge in [0.15, 0.2) is 0 Å². The van der Waals surface area contributed by atoms with Crippen LogP contribution in [0.2, 0.25) is 12.0 Å². The molecule has 58 valence electrons. The highest BCUT2D eigenvalue weighted by Crippen LogP contribution is 2.02. The summed E-state index contributed by atoms with van der Waals surface area (Å²) in [7, 11) is 0. The van der Waals surface area contributed by atoms with E-state index in [0.29, 0.717) is 0 Å². The highest BCUT2D eigenvalue weighted by molar-refractivity contribution is 6.64. The van der Waals surface area contributed by atoms with Gasteiger partial charge in [0.2, 0.25) is 5.95 Å². The quantitative estimate of drug-likeness (QED) is 0.501. The average molecular weight is 173 g/mol. The molecule has 0 saturated carbocycles. The number of halogens is 2. The van der Waals surface area contributed by atoms with Crippen molar-refractivity contribution in [3.05, 3.63) is 23.2 Å². The number of hydrogen-bond acceptors (Lipinski definition) is 2. The number of aromatic nitrogens is 1. The second kappa shape index (κ2) is 3.20. The van der Waals surface area contributed by atoms with Gasteiger partial charge in [-0.1, -0.05) is 24.5 Å². The summed E-state index contributed by atoms with van der Waals surface area (Å²) >= 11 is 5.39. The first-order valence-electron chi connectivity index (χ1n) is 3.11. The zero-order valence-electron chi connectivity index (χ0n) is 5.88. The summed E-state index contributed by atoms with van der Waals surface area (Å²) in [5, 5.41) is 9.06. The van der Waals surface area contributed by atoms with Crippen LogP contribution in [0.5, 0.6) is 0 Å². The van der Waals surface area contributed by atoms with Gasteiger partial charge in [-0.25, -0.2) is 4.98 Å². The molecule has 5 heteroatoms. The molecule has 1 heterocycles. The van der Waals surface area contributed by atoms with Crippen molar-refractivity contribution in [3.8, 4) is 0 Å². The van der Waals surface area contributed by atoms with Gasteiger partial charge in [0, 0.05) is 5.46 Å². The average Bonchev–Trinajstić information content (AvgIpc) is 1.85. The second-order valence-electron chi connectivity index (χ2n) is 2.19. The van der Waals surface area contributed by atoms with Crippen molar-refractivity contribution >= 4 is 24.0 Å². The molecule has 0 bridgehead atoms. The van der Waals surface area contributed by atoms with Gasteiger partial charge in [-0.3, -0.25) is 0 Å². The summed E-state index contributed by atoms with van der Waals surface area (Å²) in [4.78, 5) is 3.33. The van der Waals surface area contributed by atoms with Crippen LogP contribution in [0.3, 0.4) is 0 Å². The molecule has 2 nitrogen and oxygen atoms in total. The van der Waals surface area contributed by atoms with E-state index in [1.165, 1.54) is 19.0 Å². The van der Waals surface area contributed by atoms with Crippen molar-refractivity contribution in [1.82, 2.24) is 4.98 Å². The molecule has 1 rings (SSSR count). The van der Waals surface area contributed by atoms with Crippen molar-refractivity contribution in [2.24, 2.45) is 0 Å². The SMILES string of the molecule is CB(O)c1ccc(Cl)nc1F. The van der Waals surface area contributed by atoms with E-state index < -0.39 is 12.9 Å². The lowest BCUT2D eigenvalue weighted by atomic mass is 9.65. The minimum absolute atomic E-state index is 0.0897. The maximum atomic E-state index is 12.7. The summed E-state index contributed by atoms with van der Waals surface area (Å²) in [5.41, 5.74) is 0.161. The van der Waals surface area contributed by atoms with Gasteiger partial charge in [-0.05, 0) is 6.07 Å². The maximum absolute atomic E-state index is 12.7. The molecule has 1 aromatic heterocycles. The van der Waals surface area contributed by atoms with Gasteiger partial charge >= 0.3 is 6.92 Å². The summed E-state index contributed by atoms with van der Waals surface area (Å²) in [6.07, 6.45) is 0. The first kappa shape index (κ1) is 8.49. The fraction of sp³-hybridized carbons (Fsp3) is 0.167. The van der Waals surface area contributed by atoms with Crippen molar-refractivity contribution in [2.45, 2.75) is 6.82 Å². The van der Waals surface area contributed by atoms with Crippen LogP contribution < -0.4 is 5.46 Å². The molecule has 0 aromatic carbocycles. The van der Waals surface area contributed by atoms with Crippen molar-refractivity contribution in [3.63, 3.8) is 0 Å². The minimum Gasteiger partial charge on any atom is -0.446 e. The highest BCUT2D eigenvalue weighted by Gasteiger charge is 2.12. The minimum atomic E-state index is -0.847. The van der Waals surface area contributed by atoms with Crippen LogP contribution in [0, 0.1) is 5.95 Å². The van der Waals surface area contributed by atoms with Crippen molar-refractivity contribution < 1.29 is 9.41 Å². The molecule has 11 heavy (non-hydrogen) atoms. The smallest absolute Gasteiger partial charge is 0.325 e. The fourth-order valence-corrected chi connectivity index (χ4v) is 0.872. The van der Waals surface area contributed by atoms with E-state index >= 15 is 0 Å². The lowest BCUT2D eigenvalue weighted by molar-refractivity contribution is 0.569. The van der Waals surface area contributed by atoms with Crippen LogP contribution in [0.1, 0.15) is 0 Å². The number of nitrogens with zero attached hydrogens (tertiary/aromatic N) is 1. The molecule has 0 saturated heterocycles. The Labute approximate surface area is 69.1 Å². The summed E-state index contributed by atoms with van der Waals surface area (Å²) < 4.78 is 12.7. The third-order valence-electron chi connectivity index (χ3n) is 1.29. The molecular formula is C6H6BClFNO. The normalized spacial score (nSPS) is 9.82. The Morgan fingerprint density at radius 1 is 1.64 bits per heavy atom. The Balaban J connectivity index is 3.09. The van der Waals surface area contributed by atoms with Gasteiger partial charge in [0.05, 0.1) is 0 Å². The van der Waals surface area contributed by atoms with Gasteiger partial charge in [-0.15, -0.1) is 0 Å². The zero-order chi connectivity index (χ0) is 8.43. The number of rotatable bonds is 1. The molecular weight excluding hydrogens is 167 g/mol. The molecule has 0 radical (unpaired) electrons. The van der Waals surface area contributed by atoms with Gasteiger partial charge in [-0.2, -0.15) is 4.39 Å². The molecule has 0 aliphatic rings. The summed E-state index contributed by atoms with van der Waals surface area (Å²) in [5.74, 6) is -0.715. The van der Waals surface area contributed by atoms with E-state index in [9.17, 15) is 4.39 Å². The molecule has 0 spiro atoms. The van der Waals surface area contributed by atoms with E-state index in [4.69, 9.17) is 16.6 Å². The van der Waals surface area contributed by atoms with Crippen LogP contribution in [-0.2, 0) is 0 Å². The Bertz CT molecular complexity index is 269. The Kier molecular flexibility index (Phi) is 2.47. The highest BCUT2D eigenvalue weighted by atomic mass is 35.5. The molecule has 0 aliphatic carbocycles. The first-order chi connectivity index (χ1) is 5.11. The van der Waals surface area contributed by atoms with E-state index in [1.54, 1.807) is 0 Å². The van der Waals surface area contributed by atoms with Crippen LogP contribution >= 0.6 is 11.6 Å². The standard InChI is InChI=1S/C6H6BClFNO/c1-7(11)4-2-3-5(8)10-6(4)9/h2-3,11H,1H3. The van der Waals surface area contributed by atoms with Crippen LogP contribution in [0.25, 0.3) is 0 Å². The monoisotopic (exact) mass is 173 g/mol. The molecule has 0 aliphatic heterocycles. The van der Waals surface area contributed by atoms with E-state index in [-0.39, 0.29) is 10.6 Å². The van der Waals surface area contributed by atoms with E-state index in [2.05, 4.69) is 4.98 Å². The van der Waals surface area contributed by atoms with Crippen molar-refractivity contribution in [2.75, 3.05) is 0 Å². The van der Waals surface area contributed by atoms with Crippen LogP contribution in [0.15, 0.2) is 12.1 Å². The molecule has 1 N–H and O–H groups in total. The number of pyridine rings is 1. The largest absolute Gasteiger partial charge is 0.446 e. The summed E-state index contributed by atoms with van der Waals surface area (Å²) in [6.45, 7) is 0.619. The Morgan fingerprint density at radius 2 is 2.27 bits per heavy atom. The summed E-state index contributed by atoms with van der Waals surface area (Å²) in [6, 6.07) is 2.85. The molecule has 0 unspecified atom stereocenters. The maximum Gasteiger partial charge on any atom is 0.325 e. The van der Waals surface area contributed by atoms with Gasteiger partial charge in [0.25, 0.3) is 0 Å². The Morgan fingerprint density at radius 3 is 2.73 bits per heavy atom. The topological polar surface area (TPSA) is 33.1 Å². The fourth-order valence-electron chi connectivity index (χ4n) is 0.735. The van der Waals surface area contributed by atoms with Crippen LogP contribution in [0.4, 0.5) is 4.39 Å². The predicted molar refractivity (Wildman–Crippen MR) is 42.7 cm³/mol. The zero-order valence-corrected chi connectivity index (χ0v) is 6.64. The van der Waals surface area contributed by atoms with Crippen LogP contribution in [-0.4, -0.2) is 16.9 Å². The predicted octanol–water partition coefficient (Wildman–Crippen LogP) is 0.695. The third-order valence-corrected chi connectivity index (χ3v) is 1.50. The number of hydrogen-bond donors (Lipinski definition) is 1. The van der Waals surface area contributed by atoms with Crippen molar-refractivity contribution in [1.29, 1.82) is 0 Å². The molecule has 1 aromatic rings. The van der Waals surface area contributed by atoms with Gasteiger partial charge < -0.3 is 5.02 Å². The molecule has 0 amide bonds. The van der Waals surface area contributed by atoms with E-state index in [1.807, 2.05) is 0 Å². The lowest BCUT2D eigenvalue weighted by Crippen LogP contribution is -2.30. The lowest BCUT2D eigenvalue weighted by Gasteiger charge is -2.00. The third kappa shape index (κ3) is 1.91. The first-order valence-corrected chi connectivity index (χ1v) is 3.49. The molecule has 0 fully saturated rings. The Hall–Kier alpha value is -0.605.